The highest BCUT2D eigenvalue weighted by Crippen LogP contribution is 2.41. The van der Waals surface area contributed by atoms with Gasteiger partial charge in [0, 0.05) is 36.2 Å². The quantitative estimate of drug-likeness (QED) is 0.248. The standard InChI is InChI=1S/C31H31N5O3S/c1-19-10-4-6-12-24(19)33-27(37)15-17-35-29(28(34-31(35)40)25-13-8-9-16-32-25)23-18-20(2)36(21(23)3)26-14-7-5-11-22(26)30(38)39/h4-14,16,18,28-29H,15,17H2,1-3H3,(H,33,37)(H,34,40)(H,38,39)/t28-,29+/m1/s1. The number of hydrogen-bond acceptors (Lipinski definition) is 4. The van der Waals surface area contributed by atoms with Crippen molar-refractivity contribution in [2.24, 2.45) is 0 Å². The molecule has 3 N–H and O–H groups in total. The number of nitrogens with zero attached hydrogens (tertiary/aromatic N) is 3. The molecule has 0 bridgehead atoms. The zero-order valence-corrected chi connectivity index (χ0v) is 23.4. The van der Waals surface area contributed by atoms with Crippen LogP contribution >= 0.6 is 12.2 Å². The van der Waals surface area contributed by atoms with Crippen molar-refractivity contribution >= 4 is 34.9 Å². The molecule has 1 fully saturated rings. The summed E-state index contributed by atoms with van der Waals surface area (Å²) in [5.41, 5.74) is 6.23. The number of thiocarbonyl (C=S) groups is 1. The SMILES string of the molecule is Cc1ccccc1NC(=O)CCN1C(=S)N[C@H](c2ccccn2)[C@@H]1c1cc(C)n(-c2ccccc2C(=O)O)c1C. The number of carboxylic acids is 1. The summed E-state index contributed by atoms with van der Waals surface area (Å²) in [7, 11) is 0. The third-order valence-corrected chi connectivity index (χ3v) is 7.71. The average Bonchev–Trinajstić information content (AvgIpc) is 3.43. The van der Waals surface area contributed by atoms with Gasteiger partial charge in [-0.05, 0) is 80.5 Å². The molecule has 0 radical (unpaired) electrons. The largest absolute Gasteiger partial charge is 0.478 e. The van der Waals surface area contributed by atoms with E-state index in [9.17, 15) is 14.7 Å². The van der Waals surface area contributed by atoms with Crippen LogP contribution in [0.3, 0.4) is 0 Å². The third-order valence-electron chi connectivity index (χ3n) is 7.36. The van der Waals surface area contributed by atoms with Crippen molar-refractivity contribution in [1.82, 2.24) is 19.8 Å². The van der Waals surface area contributed by atoms with Crippen LogP contribution in [0.2, 0.25) is 0 Å². The van der Waals surface area contributed by atoms with Crippen molar-refractivity contribution in [3.05, 3.63) is 113 Å². The lowest BCUT2D eigenvalue weighted by molar-refractivity contribution is -0.116. The van der Waals surface area contributed by atoms with E-state index in [1.54, 1.807) is 18.3 Å². The number of anilines is 1. The Bertz CT molecular complexity index is 1580. The Kier molecular flexibility index (Phi) is 7.66. The number of aromatic nitrogens is 2. The molecule has 1 saturated heterocycles. The molecule has 1 amide bonds. The lowest BCUT2D eigenvalue weighted by Gasteiger charge is -2.28. The second kappa shape index (κ2) is 11.3. The van der Waals surface area contributed by atoms with Crippen LogP contribution in [0.15, 0.2) is 79.0 Å². The van der Waals surface area contributed by atoms with E-state index >= 15 is 0 Å². The van der Waals surface area contributed by atoms with Crippen LogP contribution in [0.5, 0.6) is 0 Å². The number of para-hydroxylation sites is 2. The van der Waals surface area contributed by atoms with E-state index in [1.165, 1.54) is 0 Å². The molecule has 2 aromatic heterocycles. The maximum atomic E-state index is 13.0. The predicted molar refractivity (Wildman–Crippen MR) is 159 cm³/mol. The summed E-state index contributed by atoms with van der Waals surface area (Å²) in [4.78, 5) is 31.6. The molecule has 4 aromatic rings. The van der Waals surface area contributed by atoms with E-state index in [-0.39, 0.29) is 30.0 Å². The molecular weight excluding hydrogens is 522 g/mol. The first-order valence-corrected chi connectivity index (χ1v) is 13.5. The van der Waals surface area contributed by atoms with Crippen LogP contribution in [0, 0.1) is 20.8 Å². The van der Waals surface area contributed by atoms with Gasteiger partial charge in [0.1, 0.15) is 0 Å². The molecule has 2 atom stereocenters. The van der Waals surface area contributed by atoms with E-state index in [0.717, 1.165) is 33.9 Å². The van der Waals surface area contributed by atoms with E-state index < -0.39 is 5.97 Å². The van der Waals surface area contributed by atoms with Crippen LogP contribution in [-0.4, -0.2) is 43.1 Å². The first-order valence-electron chi connectivity index (χ1n) is 13.1. The van der Waals surface area contributed by atoms with Gasteiger partial charge in [0.25, 0.3) is 0 Å². The fourth-order valence-corrected chi connectivity index (χ4v) is 5.77. The summed E-state index contributed by atoms with van der Waals surface area (Å²) in [5, 5.41) is 16.8. The first-order chi connectivity index (χ1) is 19.3. The highest BCUT2D eigenvalue weighted by Gasteiger charge is 2.41. The summed E-state index contributed by atoms with van der Waals surface area (Å²) in [6.45, 7) is 6.31. The molecular formula is C31H31N5O3S. The number of aryl methyl sites for hydroxylation is 2. The van der Waals surface area contributed by atoms with Crippen LogP contribution in [0.1, 0.15) is 57.1 Å². The van der Waals surface area contributed by atoms with Crippen LogP contribution in [-0.2, 0) is 4.79 Å². The molecule has 1 aliphatic heterocycles. The van der Waals surface area contributed by atoms with E-state index in [0.29, 0.717) is 17.3 Å². The number of rotatable bonds is 8. The van der Waals surface area contributed by atoms with E-state index in [4.69, 9.17) is 12.2 Å². The minimum Gasteiger partial charge on any atom is -0.478 e. The molecule has 0 unspecified atom stereocenters. The van der Waals surface area contributed by atoms with Crippen molar-refractivity contribution in [2.45, 2.75) is 39.3 Å². The van der Waals surface area contributed by atoms with Gasteiger partial charge in [-0.1, -0.05) is 36.4 Å². The summed E-state index contributed by atoms with van der Waals surface area (Å²) in [5.74, 6) is -1.08. The molecule has 1 aliphatic rings. The topological polar surface area (TPSA) is 99.5 Å². The Balaban J connectivity index is 1.51. The van der Waals surface area contributed by atoms with Crippen molar-refractivity contribution in [1.29, 1.82) is 0 Å². The molecule has 8 nitrogen and oxygen atoms in total. The minimum absolute atomic E-state index is 0.0991. The molecule has 9 heteroatoms. The molecule has 40 heavy (non-hydrogen) atoms. The smallest absolute Gasteiger partial charge is 0.337 e. The number of benzene rings is 2. The number of amides is 1. The van der Waals surface area contributed by atoms with Crippen LogP contribution in [0.25, 0.3) is 5.69 Å². The van der Waals surface area contributed by atoms with Crippen molar-refractivity contribution in [3.8, 4) is 5.69 Å². The van der Waals surface area contributed by atoms with Crippen LogP contribution < -0.4 is 10.6 Å². The van der Waals surface area contributed by atoms with Gasteiger partial charge in [-0.2, -0.15) is 0 Å². The second-order valence-corrected chi connectivity index (χ2v) is 10.3. The highest BCUT2D eigenvalue weighted by atomic mass is 32.1. The summed E-state index contributed by atoms with van der Waals surface area (Å²) in [6, 6.07) is 22.0. The molecule has 0 spiro atoms. The maximum absolute atomic E-state index is 13.0. The number of carboxylic acid groups (broad SMARTS) is 1. The molecule has 0 saturated carbocycles. The zero-order chi connectivity index (χ0) is 28.4. The van der Waals surface area contributed by atoms with Crippen molar-refractivity contribution in [2.75, 3.05) is 11.9 Å². The molecule has 2 aromatic carbocycles. The Hall–Kier alpha value is -4.50. The fraction of sp³-hybridized carbons (Fsp3) is 0.226. The van der Waals surface area contributed by atoms with Crippen LogP contribution in [0.4, 0.5) is 5.69 Å². The Labute approximate surface area is 238 Å². The molecule has 3 heterocycles. The number of pyridine rings is 1. The van der Waals surface area contributed by atoms with E-state index in [1.807, 2.05) is 84.8 Å². The maximum Gasteiger partial charge on any atom is 0.337 e. The Morgan fingerprint density at radius 1 is 1.02 bits per heavy atom. The number of hydrogen-bond donors (Lipinski definition) is 3. The average molecular weight is 554 g/mol. The monoisotopic (exact) mass is 553 g/mol. The van der Waals surface area contributed by atoms with Gasteiger partial charge >= 0.3 is 5.97 Å². The van der Waals surface area contributed by atoms with Gasteiger partial charge in [-0.25, -0.2) is 4.79 Å². The second-order valence-electron chi connectivity index (χ2n) is 9.92. The number of carbonyl (C=O) groups is 2. The normalized spacial score (nSPS) is 16.6. The van der Waals surface area contributed by atoms with E-state index in [2.05, 4.69) is 21.7 Å². The predicted octanol–water partition coefficient (Wildman–Crippen LogP) is 5.50. The lowest BCUT2D eigenvalue weighted by Crippen LogP contribution is -2.33. The minimum atomic E-state index is -0.985. The fourth-order valence-electron chi connectivity index (χ4n) is 5.44. The first kappa shape index (κ1) is 27.1. The number of nitrogens with one attached hydrogen (secondary N) is 2. The van der Waals surface area contributed by atoms with Gasteiger partial charge in [-0.3, -0.25) is 9.78 Å². The van der Waals surface area contributed by atoms with Crippen molar-refractivity contribution in [3.63, 3.8) is 0 Å². The summed E-state index contributed by atoms with van der Waals surface area (Å²) >= 11 is 5.80. The Morgan fingerprint density at radius 3 is 2.48 bits per heavy atom. The lowest BCUT2D eigenvalue weighted by atomic mass is 9.96. The summed E-state index contributed by atoms with van der Waals surface area (Å²) < 4.78 is 1.97. The zero-order valence-electron chi connectivity index (χ0n) is 22.6. The van der Waals surface area contributed by atoms with Gasteiger partial charge < -0.3 is 25.2 Å². The highest BCUT2D eigenvalue weighted by molar-refractivity contribution is 7.80. The van der Waals surface area contributed by atoms with Crippen molar-refractivity contribution < 1.29 is 14.7 Å². The number of carbonyl (C=O) groups excluding carboxylic acids is 1. The third kappa shape index (κ3) is 5.20. The number of aromatic carboxylic acids is 1. The summed E-state index contributed by atoms with van der Waals surface area (Å²) in [6.07, 6.45) is 1.99. The molecule has 5 rings (SSSR count). The molecule has 204 valence electrons. The van der Waals surface area contributed by atoms with Gasteiger partial charge in [-0.15, -0.1) is 0 Å². The van der Waals surface area contributed by atoms with Gasteiger partial charge in [0.2, 0.25) is 5.91 Å². The Morgan fingerprint density at radius 2 is 1.75 bits per heavy atom. The van der Waals surface area contributed by atoms with Gasteiger partial charge in [0.15, 0.2) is 5.11 Å². The van der Waals surface area contributed by atoms with Gasteiger partial charge in [0.05, 0.1) is 29.0 Å². The molecule has 0 aliphatic carbocycles.